The summed E-state index contributed by atoms with van der Waals surface area (Å²) in [5.41, 5.74) is 0.808. The van der Waals surface area contributed by atoms with E-state index in [4.69, 9.17) is 0 Å². The molecule has 0 atom stereocenters. The Morgan fingerprint density at radius 1 is 1.25 bits per heavy atom. The number of hydrogen-bond donors (Lipinski definition) is 0. The third-order valence-corrected chi connectivity index (χ3v) is 6.12. The summed E-state index contributed by atoms with van der Waals surface area (Å²) in [6.45, 7) is 4.58. The van der Waals surface area contributed by atoms with Crippen LogP contribution in [0.2, 0.25) is 0 Å². The average molecular weight is 296 g/mol. The van der Waals surface area contributed by atoms with Gasteiger partial charge in [-0.1, -0.05) is 18.2 Å². The summed E-state index contributed by atoms with van der Waals surface area (Å²) in [7, 11) is 0.447. The van der Waals surface area contributed by atoms with Crippen LogP contribution in [0.25, 0.3) is 0 Å². The van der Waals surface area contributed by atoms with Gasteiger partial charge in [-0.15, -0.1) is 0 Å². The molecule has 0 radical (unpaired) electrons. The standard InChI is InChI=1S/C15H24N2O2S/c1-13-6-4-5-7-15(13)20(18,19)17(3)12-14-8-10-16(2)11-9-14/h4-7,14H,8-12H2,1-3H3. The van der Waals surface area contributed by atoms with Gasteiger partial charge in [0, 0.05) is 13.6 Å². The molecule has 1 aliphatic rings. The Kier molecular flexibility index (Phi) is 4.83. The van der Waals surface area contributed by atoms with Gasteiger partial charge in [0.2, 0.25) is 10.0 Å². The summed E-state index contributed by atoms with van der Waals surface area (Å²) in [5, 5.41) is 0. The van der Waals surface area contributed by atoms with E-state index in [1.165, 1.54) is 4.31 Å². The summed E-state index contributed by atoms with van der Waals surface area (Å²) < 4.78 is 26.7. The highest BCUT2D eigenvalue weighted by molar-refractivity contribution is 7.89. The fraction of sp³-hybridized carbons (Fsp3) is 0.600. The van der Waals surface area contributed by atoms with Gasteiger partial charge in [-0.25, -0.2) is 12.7 Å². The van der Waals surface area contributed by atoms with Crippen molar-refractivity contribution in [3.63, 3.8) is 0 Å². The molecule has 0 aliphatic carbocycles. The maximum absolute atomic E-state index is 12.6. The van der Waals surface area contributed by atoms with Gasteiger partial charge in [0.05, 0.1) is 4.90 Å². The smallest absolute Gasteiger partial charge is 0.243 e. The van der Waals surface area contributed by atoms with Gasteiger partial charge in [-0.2, -0.15) is 0 Å². The van der Waals surface area contributed by atoms with E-state index < -0.39 is 10.0 Å². The Balaban J connectivity index is 2.08. The fourth-order valence-corrected chi connectivity index (χ4v) is 4.19. The van der Waals surface area contributed by atoms with Gasteiger partial charge >= 0.3 is 0 Å². The van der Waals surface area contributed by atoms with Crippen LogP contribution in [0.5, 0.6) is 0 Å². The van der Waals surface area contributed by atoms with Crippen molar-refractivity contribution in [2.45, 2.75) is 24.7 Å². The molecule has 0 unspecified atom stereocenters. The normalized spacial score (nSPS) is 18.6. The molecular formula is C15H24N2O2S. The summed E-state index contributed by atoms with van der Waals surface area (Å²) in [6.07, 6.45) is 2.15. The largest absolute Gasteiger partial charge is 0.306 e. The van der Waals surface area contributed by atoms with Gasteiger partial charge in [0.15, 0.2) is 0 Å². The monoisotopic (exact) mass is 296 g/mol. The first-order chi connectivity index (χ1) is 9.41. The predicted octanol–water partition coefficient (Wildman–Crippen LogP) is 1.96. The van der Waals surface area contributed by atoms with E-state index in [1.807, 2.05) is 19.1 Å². The first-order valence-electron chi connectivity index (χ1n) is 7.12. The van der Waals surface area contributed by atoms with Crippen LogP contribution in [-0.2, 0) is 10.0 Å². The molecule has 5 heteroatoms. The molecule has 0 spiro atoms. The minimum absolute atomic E-state index is 0.426. The van der Waals surface area contributed by atoms with Crippen LogP contribution < -0.4 is 0 Å². The number of hydrogen-bond acceptors (Lipinski definition) is 3. The molecule has 2 rings (SSSR count). The van der Waals surface area contributed by atoms with Crippen LogP contribution in [-0.4, -0.2) is 51.4 Å². The van der Waals surface area contributed by atoms with Gasteiger partial charge in [-0.3, -0.25) is 0 Å². The van der Waals surface area contributed by atoms with E-state index in [9.17, 15) is 8.42 Å². The molecule has 1 aromatic rings. The number of benzene rings is 1. The number of sulfonamides is 1. The Labute approximate surface area is 122 Å². The van der Waals surface area contributed by atoms with E-state index >= 15 is 0 Å². The number of piperidine rings is 1. The highest BCUT2D eigenvalue weighted by Crippen LogP contribution is 2.22. The Bertz CT molecular complexity index is 549. The summed E-state index contributed by atoms with van der Waals surface area (Å²) >= 11 is 0. The molecule has 1 saturated heterocycles. The minimum atomic E-state index is -3.36. The number of nitrogens with zero attached hydrogens (tertiary/aromatic N) is 2. The summed E-state index contributed by atoms with van der Waals surface area (Å²) in [5.74, 6) is 0.468. The fourth-order valence-electron chi connectivity index (χ4n) is 2.72. The minimum Gasteiger partial charge on any atom is -0.306 e. The van der Waals surface area contributed by atoms with E-state index in [2.05, 4.69) is 11.9 Å². The van der Waals surface area contributed by atoms with Crippen molar-refractivity contribution < 1.29 is 8.42 Å². The van der Waals surface area contributed by atoms with E-state index in [1.54, 1.807) is 19.2 Å². The SMILES string of the molecule is Cc1ccccc1S(=O)(=O)N(C)CC1CCN(C)CC1. The Morgan fingerprint density at radius 3 is 2.45 bits per heavy atom. The Hall–Kier alpha value is -0.910. The maximum atomic E-state index is 12.6. The molecule has 112 valence electrons. The molecule has 0 bridgehead atoms. The van der Waals surface area contributed by atoms with Crippen LogP contribution >= 0.6 is 0 Å². The van der Waals surface area contributed by atoms with Crippen LogP contribution in [0.1, 0.15) is 18.4 Å². The second-order valence-corrected chi connectivity index (χ2v) is 7.81. The van der Waals surface area contributed by atoms with Crippen molar-refractivity contribution in [1.29, 1.82) is 0 Å². The Morgan fingerprint density at radius 2 is 1.85 bits per heavy atom. The lowest BCUT2D eigenvalue weighted by Gasteiger charge is -2.31. The topological polar surface area (TPSA) is 40.6 Å². The van der Waals surface area contributed by atoms with Gasteiger partial charge < -0.3 is 4.90 Å². The lowest BCUT2D eigenvalue weighted by molar-refractivity contribution is 0.202. The number of likely N-dealkylation sites (tertiary alicyclic amines) is 1. The van der Waals surface area contributed by atoms with E-state index in [0.717, 1.165) is 31.5 Å². The lowest BCUT2D eigenvalue weighted by Crippen LogP contribution is -2.38. The zero-order chi connectivity index (χ0) is 14.8. The zero-order valence-corrected chi connectivity index (χ0v) is 13.4. The van der Waals surface area contributed by atoms with E-state index in [0.29, 0.717) is 17.4 Å². The van der Waals surface area contributed by atoms with Crippen LogP contribution in [0.4, 0.5) is 0 Å². The van der Waals surface area contributed by atoms with Crippen molar-refractivity contribution in [2.24, 2.45) is 5.92 Å². The number of aryl methyl sites for hydroxylation is 1. The van der Waals surface area contributed by atoms with Crippen molar-refractivity contribution in [1.82, 2.24) is 9.21 Å². The van der Waals surface area contributed by atoms with Gasteiger partial charge in [0.1, 0.15) is 0 Å². The van der Waals surface area contributed by atoms with E-state index in [-0.39, 0.29) is 0 Å². The average Bonchev–Trinajstić information content (AvgIpc) is 2.41. The van der Waals surface area contributed by atoms with Crippen molar-refractivity contribution >= 4 is 10.0 Å². The second kappa shape index (κ2) is 6.24. The predicted molar refractivity (Wildman–Crippen MR) is 81.2 cm³/mol. The molecule has 1 fully saturated rings. The first kappa shape index (κ1) is 15.5. The molecule has 0 saturated carbocycles. The molecule has 0 amide bonds. The highest BCUT2D eigenvalue weighted by atomic mass is 32.2. The van der Waals surface area contributed by atoms with Crippen LogP contribution in [0.3, 0.4) is 0 Å². The second-order valence-electron chi connectivity index (χ2n) is 5.80. The van der Waals surface area contributed by atoms with Crippen molar-refractivity contribution in [3.8, 4) is 0 Å². The number of rotatable bonds is 4. The lowest BCUT2D eigenvalue weighted by atomic mass is 9.97. The molecule has 1 heterocycles. The molecule has 4 nitrogen and oxygen atoms in total. The van der Waals surface area contributed by atoms with Gasteiger partial charge in [-0.05, 0) is 57.5 Å². The molecule has 0 N–H and O–H groups in total. The third kappa shape index (κ3) is 3.40. The first-order valence-corrected chi connectivity index (χ1v) is 8.56. The third-order valence-electron chi connectivity index (χ3n) is 4.14. The maximum Gasteiger partial charge on any atom is 0.243 e. The molecule has 0 aromatic heterocycles. The highest BCUT2D eigenvalue weighted by Gasteiger charge is 2.26. The molecule has 20 heavy (non-hydrogen) atoms. The van der Waals surface area contributed by atoms with Crippen molar-refractivity contribution in [2.75, 3.05) is 33.7 Å². The summed E-state index contributed by atoms with van der Waals surface area (Å²) in [4.78, 5) is 2.72. The zero-order valence-electron chi connectivity index (χ0n) is 12.5. The molecule has 1 aliphatic heterocycles. The molecule has 1 aromatic carbocycles. The molecular weight excluding hydrogens is 272 g/mol. The van der Waals surface area contributed by atoms with Crippen molar-refractivity contribution in [3.05, 3.63) is 29.8 Å². The quantitative estimate of drug-likeness (QED) is 0.853. The van der Waals surface area contributed by atoms with Crippen LogP contribution in [0, 0.1) is 12.8 Å². The summed E-state index contributed by atoms with van der Waals surface area (Å²) in [6, 6.07) is 7.18. The van der Waals surface area contributed by atoms with Gasteiger partial charge in [0.25, 0.3) is 0 Å². The van der Waals surface area contributed by atoms with Crippen LogP contribution in [0.15, 0.2) is 29.2 Å².